The second-order valence-corrected chi connectivity index (χ2v) is 6.09. The Morgan fingerprint density at radius 2 is 1.89 bits per heavy atom. The van der Waals surface area contributed by atoms with Crippen molar-refractivity contribution in [1.29, 1.82) is 0 Å². The summed E-state index contributed by atoms with van der Waals surface area (Å²) in [6, 6.07) is 8.75. The van der Waals surface area contributed by atoms with Gasteiger partial charge in [-0.05, 0) is 37.3 Å². The highest BCUT2D eigenvalue weighted by atomic mass is 32.1. The molecule has 1 aromatic heterocycles. The third-order valence-corrected chi connectivity index (χ3v) is 4.18. The number of aryl methyl sites for hydroxylation is 1. The lowest BCUT2D eigenvalue weighted by Crippen LogP contribution is -1.98. The predicted molar refractivity (Wildman–Crippen MR) is 83.6 cm³/mol. The molecule has 0 unspecified atom stereocenters. The third kappa shape index (κ3) is 3.88. The molecule has 2 aromatic rings. The minimum absolute atomic E-state index is 0.580. The van der Waals surface area contributed by atoms with Crippen LogP contribution >= 0.6 is 11.3 Å². The summed E-state index contributed by atoms with van der Waals surface area (Å²) in [4.78, 5) is 4.70. The summed E-state index contributed by atoms with van der Waals surface area (Å²) in [5.41, 5.74) is 9.20. The van der Waals surface area contributed by atoms with E-state index in [4.69, 9.17) is 10.7 Å². The smallest absolute Gasteiger partial charge is 0.0932 e. The highest BCUT2D eigenvalue weighted by molar-refractivity contribution is 7.09. The van der Waals surface area contributed by atoms with Crippen molar-refractivity contribution >= 4 is 11.3 Å². The number of hydrogen-bond donors (Lipinski definition) is 1. The van der Waals surface area contributed by atoms with E-state index in [0.717, 1.165) is 31.5 Å². The molecule has 0 atom stereocenters. The van der Waals surface area contributed by atoms with Gasteiger partial charge in [0, 0.05) is 10.9 Å². The first-order valence-electron chi connectivity index (χ1n) is 6.95. The van der Waals surface area contributed by atoms with E-state index in [1.165, 1.54) is 16.1 Å². The van der Waals surface area contributed by atoms with Gasteiger partial charge in [-0.3, -0.25) is 0 Å². The Kier molecular flexibility index (Phi) is 5.11. The maximum atomic E-state index is 5.51. The van der Waals surface area contributed by atoms with Gasteiger partial charge in [0.25, 0.3) is 0 Å². The molecule has 1 aromatic carbocycles. The van der Waals surface area contributed by atoms with Crippen molar-refractivity contribution in [2.75, 3.05) is 6.54 Å². The molecule has 0 spiro atoms. The van der Waals surface area contributed by atoms with Gasteiger partial charge in [-0.1, -0.05) is 38.1 Å². The van der Waals surface area contributed by atoms with Crippen molar-refractivity contribution < 1.29 is 0 Å². The lowest BCUT2D eigenvalue weighted by atomic mass is 10.0. The quantitative estimate of drug-likeness (QED) is 0.801. The molecule has 0 aliphatic rings. The third-order valence-electron chi connectivity index (χ3n) is 3.27. The number of nitrogens with two attached hydrogens (primary N) is 1. The van der Waals surface area contributed by atoms with Crippen molar-refractivity contribution in [3.8, 4) is 11.3 Å². The molecule has 0 amide bonds. The van der Waals surface area contributed by atoms with Crippen LogP contribution in [0.1, 0.15) is 43.2 Å². The Morgan fingerprint density at radius 3 is 2.53 bits per heavy atom. The lowest BCUT2D eigenvalue weighted by Gasteiger charge is -2.05. The van der Waals surface area contributed by atoms with Crippen LogP contribution in [0.4, 0.5) is 0 Å². The fourth-order valence-corrected chi connectivity index (χ4v) is 2.87. The first kappa shape index (κ1) is 14.2. The first-order valence-corrected chi connectivity index (χ1v) is 7.83. The number of thiazole rings is 1. The van der Waals surface area contributed by atoms with Crippen molar-refractivity contribution in [3.05, 3.63) is 40.2 Å². The molecule has 2 rings (SSSR count). The van der Waals surface area contributed by atoms with Gasteiger partial charge < -0.3 is 5.73 Å². The van der Waals surface area contributed by atoms with E-state index in [0.29, 0.717) is 5.92 Å². The number of rotatable bonds is 6. The zero-order chi connectivity index (χ0) is 13.7. The Bertz CT molecular complexity index is 500. The molecule has 0 aliphatic heterocycles. The summed E-state index contributed by atoms with van der Waals surface area (Å²) in [6.45, 7) is 5.20. The number of aromatic nitrogens is 1. The highest BCUT2D eigenvalue weighted by Gasteiger charge is 2.05. The molecule has 3 heteroatoms. The van der Waals surface area contributed by atoms with Gasteiger partial charge >= 0.3 is 0 Å². The second-order valence-electron chi connectivity index (χ2n) is 5.15. The number of nitrogens with zero attached hydrogens (tertiary/aromatic N) is 1. The average Bonchev–Trinajstić information content (AvgIpc) is 2.88. The van der Waals surface area contributed by atoms with Gasteiger partial charge in [-0.25, -0.2) is 4.98 Å². The standard InChI is InChI=1S/C16H22N2S/c1-12(2)13-6-8-14(9-7-13)15-11-19-16(18-15)5-3-4-10-17/h6-9,11-12H,3-5,10,17H2,1-2H3. The van der Waals surface area contributed by atoms with Crippen molar-refractivity contribution in [2.45, 2.75) is 39.0 Å². The van der Waals surface area contributed by atoms with Gasteiger partial charge in [0.05, 0.1) is 10.7 Å². The zero-order valence-corrected chi connectivity index (χ0v) is 12.5. The molecule has 0 radical (unpaired) electrons. The van der Waals surface area contributed by atoms with Gasteiger partial charge in [0.15, 0.2) is 0 Å². The van der Waals surface area contributed by atoms with E-state index in [-0.39, 0.29) is 0 Å². The molecule has 0 fully saturated rings. The normalized spacial score (nSPS) is 11.2. The van der Waals surface area contributed by atoms with E-state index >= 15 is 0 Å². The van der Waals surface area contributed by atoms with Crippen LogP contribution in [0.3, 0.4) is 0 Å². The largest absolute Gasteiger partial charge is 0.330 e. The molecule has 19 heavy (non-hydrogen) atoms. The summed E-state index contributed by atoms with van der Waals surface area (Å²) in [5.74, 6) is 0.580. The van der Waals surface area contributed by atoms with Gasteiger partial charge in [-0.15, -0.1) is 11.3 Å². The van der Waals surface area contributed by atoms with Gasteiger partial charge in [0.1, 0.15) is 0 Å². The lowest BCUT2D eigenvalue weighted by molar-refractivity contribution is 0.742. The molecule has 1 heterocycles. The Morgan fingerprint density at radius 1 is 1.16 bits per heavy atom. The van der Waals surface area contributed by atoms with E-state index in [1.54, 1.807) is 11.3 Å². The molecular formula is C16H22N2S. The van der Waals surface area contributed by atoms with Crippen LogP contribution in [0.25, 0.3) is 11.3 Å². The van der Waals surface area contributed by atoms with Crippen LogP contribution in [0.2, 0.25) is 0 Å². The fourth-order valence-electron chi connectivity index (χ4n) is 2.02. The summed E-state index contributed by atoms with van der Waals surface area (Å²) in [7, 11) is 0. The van der Waals surface area contributed by atoms with Crippen LogP contribution in [-0.2, 0) is 6.42 Å². The van der Waals surface area contributed by atoms with E-state index in [1.807, 2.05) is 0 Å². The van der Waals surface area contributed by atoms with E-state index in [9.17, 15) is 0 Å². The molecule has 2 N–H and O–H groups in total. The zero-order valence-electron chi connectivity index (χ0n) is 11.7. The average molecular weight is 274 g/mol. The highest BCUT2D eigenvalue weighted by Crippen LogP contribution is 2.24. The molecule has 0 saturated carbocycles. The van der Waals surface area contributed by atoms with E-state index < -0.39 is 0 Å². The van der Waals surface area contributed by atoms with Crippen molar-refractivity contribution in [1.82, 2.24) is 4.98 Å². The minimum atomic E-state index is 0.580. The molecule has 102 valence electrons. The number of benzene rings is 1. The molecular weight excluding hydrogens is 252 g/mol. The van der Waals surface area contributed by atoms with Crippen LogP contribution in [-0.4, -0.2) is 11.5 Å². The van der Waals surface area contributed by atoms with Crippen LogP contribution in [0.15, 0.2) is 29.6 Å². The van der Waals surface area contributed by atoms with Crippen molar-refractivity contribution in [2.24, 2.45) is 5.73 Å². The van der Waals surface area contributed by atoms with Gasteiger partial charge in [0.2, 0.25) is 0 Å². The molecule has 0 saturated heterocycles. The minimum Gasteiger partial charge on any atom is -0.330 e. The van der Waals surface area contributed by atoms with Gasteiger partial charge in [-0.2, -0.15) is 0 Å². The Balaban J connectivity index is 2.05. The molecule has 0 aliphatic carbocycles. The maximum Gasteiger partial charge on any atom is 0.0932 e. The van der Waals surface area contributed by atoms with Crippen LogP contribution in [0.5, 0.6) is 0 Å². The Labute approximate surface area is 119 Å². The summed E-state index contributed by atoms with van der Waals surface area (Å²) in [5, 5.41) is 3.37. The van der Waals surface area contributed by atoms with Crippen LogP contribution < -0.4 is 5.73 Å². The topological polar surface area (TPSA) is 38.9 Å². The molecule has 2 nitrogen and oxygen atoms in total. The SMILES string of the molecule is CC(C)c1ccc(-c2csc(CCCCN)n2)cc1. The Hall–Kier alpha value is -1.19. The summed E-state index contributed by atoms with van der Waals surface area (Å²) >= 11 is 1.75. The predicted octanol–water partition coefficient (Wildman–Crippen LogP) is 4.21. The number of hydrogen-bond acceptors (Lipinski definition) is 3. The molecule has 0 bridgehead atoms. The monoisotopic (exact) mass is 274 g/mol. The summed E-state index contributed by atoms with van der Waals surface area (Å²) in [6.07, 6.45) is 3.26. The first-order chi connectivity index (χ1) is 9.20. The van der Waals surface area contributed by atoms with Crippen LogP contribution in [0, 0.1) is 0 Å². The second kappa shape index (κ2) is 6.83. The van der Waals surface area contributed by atoms with Crippen molar-refractivity contribution in [3.63, 3.8) is 0 Å². The number of unbranched alkanes of at least 4 members (excludes halogenated alkanes) is 1. The fraction of sp³-hybridized carbons (Fsp3) is 0.438. The van der Waals surface area contributed by atoms with E-state index in [2.05, 4.69) is 43.5 Å². The summed E-state index contributed by atoms with van der Waals surface area (Å²) < 4.78 is 0. The maximum absolute atomic E-state index is 5.51.